The highest BCUT2D eigenvalue weighted by Crippen LogP contribution is 2.40. The van der Waals surface area contributed by atoms with Crippen LogP contribution in [0.25, 0.3) is 16.1 Å². The van der Waals surface area contributed by atoms with Crippen molar-refractivity contribution in [2.24, 2.45) is 10.9 Å². The van der Waals surface area contributed by atoms with Crippen LogP contribution in [0, 0.1) is 26.7 Å². The molecule has 5 rings (SSSR count). The van der Waals surface area contributed by atoms with Crippen molar-refractivity contribution < 1.29 is 14.7 Å². The van der Waals surface area contributed by atoms with Crippen molar-refractivity contribution in [3.63, 3.8) is 0 Å². The average molecular weight is 514 g/mol. The van der Waals surface area contributed by atoms with Gasteiger partial charge in [-0.3, -0.25) is 19.1 Å². The predicted octanol–water partition coefficient (Wildman–Crippen LogP) is 5.49. The standard InChI is InChI=1S/C28H27N5O3S/c1-14-16(3)37-27-23(14)25(30-24(15(2)28(35)36)26-32-31-17(4)33(26)27)20-11-9-19(10-12-20)21-7-6-8-22(13-21)29-18(5)34/h6-13,15,24H,1-5H3,(H,29,34)(H,35,36)/t15?,24-/m0/s1. The van der Waals surface area contributed by atoms with Crippen LogP contribution in [0.5, 0.6) is 0 Å². The third-order valence-electron chi connectivity index (χ3n) is 6.73. The molecule has 0 fully saturated rings. The van der Waals surface area contributed by atoms with Crippen molar-refractivity contribution in [1.29, 1.82) is 0 Å². The Hall–Kier alpha value is -4.11. The Balaban J connectivity index is 1.65. The maximum atomic E-state index is 12.0. The number of aromatic nitrogens is 3. The molecule has 2 atom stereocenters. The second-order valence-electron chi connectivity index (χ2n) is 9.29. The quantitative estimate of drug-likeness (QED) is 0.367. The van der Waals surface area contributed by atoms with Gasteiger partial charge in [-0.1, -0.05) is 36.4 Å². The van der Waals surface area contributed by atoms with Crippen LogP contribution in [0.2, 0.25) is 0 Å². The largest absolute Gasteiger partial charge is 0.481 e. The molecule has 0 saturated carbocycles. The van der Waals surface area contributed by atoms with Crippen molar-refractivity contribution in [3.05, 3.63) is 81.7 Å². The normalized spacial score (nSPS) is 15.3. The number of carboxylic acids is 1. The first-order valence-electron chi connectivity index (χ1n) is 12.0. The molecule has 0 saturated heterocycles. The fourth-order valence-corrected chi connectivity index (χ4v) is 5.83. The van der Waals surface area contributed by atoms with Gasteiger partial charge in [-0.15, -0.1) is 21.5 Å². The molecule has 9 heteroatoms. The molecule has 1 aliphatic rings. The van der Waals surface area contributed by atoms with E-state index in [-0.39, 0.29) is 5.91 Å². The summed E-state index contributed by atoms with van der Waals surface area (Å²) in [5, 5.41) is 22.3. The minimum atomic E-state index is -0.937. The number of carbonyl (C=O) groups is 2. The number of carboxylic acid groups (broad SMARTS) is 1. The lowest BCUT2D eigenvalue weighted by molar-refractivity contribution is -0.141. The first-order valence-corrected chi connectivity index (χ1v) is 12.8. The van der Waals surface area contributed by atoms with Gasteiger partial charge in [0.25, 0.3) is 0 Å². The van der Waals surface area contributed by atoms with Crippen molar-refractivity contribution in [2.45, 2.75) is 40.7 Å². The molecule has 8 nitrogen and oxygen atoms in total. The number of benzene rings is 2. The Morgan fingerprint density at radius 2 is 1.73 bits per heavy atom. The van der Waals surface area contributed by atoms with Gasteiger partial charge in [0.05, 0.1) is 11.6 Å². The van der Waals surface area contributed by atoms with Crippen LogP contribution in [0.1, 0.15) is 53.1 Å². The fourth-order valence-electron chi connectivity index (χ4n) is 4.62. The van der Waals surface area contributed by atoms with E-state index in [0.717, 1.165) is 49.1 Å². The zero-order valence-corrected chi connectivity index (χ0v) is 22.1. The summed E-state index contributed by atoms with van der Waals surface area (Å²) in [7, 11) is 0. The van der Waals surface area contributed by atoms with Gasteiger partial charge in [0, 0.05) is 28.6 Å². The van der Waals surface area contributed by atoms with Gasteiger partial charge in [-0.05, 0) is 56.5 Å². The lowest BCUT2D eigenvalue weighted by Gasteiger charge is -2.16. The van der Waals surface area contributed by atoms with Crippen LogP contribution in [0.3, 0.4) is 0 Å². The summed E-state index contributed by atoms with van der Waals surface area (Å²) in [5.74, 6) is -0.606. The summed E-state index contributed by atoms with van der Waals surface area (Å²) in [6, 6.07) is 15.1. The zero-order chi connectivity index (χ0) is 26.4. The van der Waals surface area contributed by atoms with Gasteiger partial charge < -0.3 is 10.4 Å². The van der Waals surface area contributed by atoms with E-state index >= 15 is 0 Å². The molecule has 1 aliphatic heterocycles. The number of rotatable bonds is 5. The van der Waals surface area contributed by atoms with Crippen molar-refractivity contribution in [3.8, 4) is 16.1 Å². The number of fused-ring (bicyclic) bond motifs is 3. The molecular weight excluding hydrogens is 486 g/mol. The number of amides is 1. The minimum Gasteiger partial charge on any atom is -0.481 e. The van der Waals surface area contributed by atoms with E-state index < -0.39 is 17.9 Å². The molecule has 188 valence electrons. The second kappa shape index (κ2) is 9.40. The van der Waals surface area contributed by atoms with Crippen LogP contribution >= 0.6 is 11.3 Å². The number of anilines is 1. The molecule has 1 unspecified atom stereocenters. The van der Waals surface area contributed by atoms with E-state index in [1.165, 1.54) is 6.92 Å². The topological polar surface area (TPSA) is 109 Å². The van der Waals surface area contributed by atoms with E-state index in [4.69, 9.17) is 4.99 Å². The zero-order valence-electron chi connectivity index (χ0n) is 21.2. The second-order valence-corrected chi connectivity index (χ2v) is 10.5. The summed E-state index contributed by atoms with van der Waals surface area (Å²) in [6.45, 7) is 9.17. The molecule has 3 heterocycles. The molecule has 0 radical (unpaired) electrons. The molecule has 2 N–H and O–H groups in total. The number of hydrogen-bond donors (Lipinski definition) is 2. The minimum absolute atomic E-state index is 0.119. The Morgan fingerprint density at radius 1 is 1.03 bits per heavy atom. The number of carbonyl (C=O) groups excluding carboxylic acids is 1. The summed E-state index contributed by atoms with van der Waals surface area (Å²) in [5.41, 5.74) is 6.43. The van der Waals surface area contributed by atoms with Gasteiger partial charge in [0.2, 0.25) is 5.91 Å². The van der Waals surface area contributed by atoms with Crippen molar-refractivity contribution in [1.82, 2.24) is 14.8 Å². The van der Waals surface area contributed by atoms with E-state index in [1.54, 1.807) is 18.3 Å². The summed E-state index contributed by atoms with van der Waals surface area (Å²) >= 11 is 1.64. The van der Waals surface area contributed by atoms with Crippen LogP contribution in [0.4, 0.5) is 5.69 Å². The summed E-state index contributed by atoms with van der Waals surface area (Å²) < 4.78 is 1.96. The Bertz CT molecular complexity index is 1570. The van der Waals surface area contributed by atoms with Crippen molar-refractivity contribution in [2.75, 3.05) is 5.32 Å². The highest BCUT2D eigenvalue weighted by molar-refractivity contribution is 7.15. The SMILES string of the molecule is CC(=O)Nc1cccc(-c2ccc(C3=N[C@@H](C(C)C(=O)O)c4nnc(C)n4-c4sc(C)c(C)c43)cc2)c1. The van der Waals surface area contributed by atoms with Gasteiger partial charge in [0.1, 0.15) is 16.9 Å². The van der Waals surface area contributed by atoms with E-state index in [2.05, 4.69) is 29.4 Å². The molecule has 0 aliphatic carbocycles. The molecule has 0 spiro atoms. The number of aryl methyl sites for hydroxylation is 2. The molecule has 2 aromatic carbocycles. The Morgan fingerprint density at radius 3 is 2.41 bits per heavy atom. The molecule has 4 aromatic rings. The van der Waals surface area contributed by atoms with Gasteiger partial charge >= 0.3 is 5.97 Å². The predicted molar refractivity (Wildman–Crippen MR) is 145 cm³/mol. The third-order valence-corrected chi connectivity index (χ3v) is 7.92. The van der Waals surface area contributed by atoms with Crippen LogP contribution < -0.4 is 5.32 Å². The monoisotopic (exact) mass is 513 g/mol. The Labute approximate surface area is 218 Å². The number of aliphatic imine (C=N–C) groups is 1. The van der Waals surface area contributed by atoms with Gasteiger partial charge in [-0.2, -0.15) is 0 Å². The molecule has 2 aromatic heterocycles. The van der Waals surface area contributed by atoms with Gasteiger partial charge in [0.15, 0.2) is 5.82 Å². The highest BCUT2D eigenvalue weighted by atomic mass is 32.1. The average Bonchev–Trinajstić information content (AvgIpc) is 3.33. The van der Waals surface area contributed by atoms with E-state index in [0.29, 0.717) is 11.6 Å². The van der Waals surface area contributed by atoms with E-state index in [1.807, 2.05) is 60.0 Å². The van der Waals surface area contributed by atoms with Crippen molar-refractivity contribution >= 4 is 34.6 Å². The van der Waals surface area contributed by atoms with Crippen LogP contribution in [-0.4, -0.2) is 37.5 Å². The van der Waals surface area contributed by atoms with E-state index in [9.17, 15) is 14.7 Å². The Kier molecular flexibility index (Phi) is 6.25. The van der Waals surface area contributed by atoms with Gasteiger partial charge in [-0.25, -0.2) is 0 Å². The summed E-state index contributed by atoms with van der Waals surface area (Å²) in [6.07, 6.45) is 0. The number of thiophene rings is 1. The molecule has 37 heavy (non-hydrogen) atoms. The maximum absolute atomic E-state index is 12.0. The lowest BCUT2D eigenvalue weighted by Crippen LogP contribution is -2.21. The van der Waals surface area contributed by atoms with Crippen LogP contribution in [-0.2, 0) is 9.59 Å². The summed E-state index contributed by atoms with van der Waals surface area (Å²) in [4.78, 5) is 29.7. The maximum Gasteiger partial charge on any atom is 0.308 e. The highest BCUT2D eigenvalue weighted by Gasteiger charge is 2.36. The number of aliphatic carboxylic acids is 1. The smallest absolute Gasteiger partial charge is 0.308 e. The first-order chi connectivity index (χ1) is 17.7. The third kappa shape index (κ3) is 4.35. The first kappa shape index (κ1) is 24.6. The van der Waals surface area contributed by atoms with Crippen LogP contribution in [0.15, 0.2) is 53.5 Å². The number of hydrogen-bond acceptors (Lipinski definition) is 6. The molecule has 0 bridgehead atoms. The molecule has 1 amide bonds. The number of nitrogens with zero attached hydrogens (tertiary/aromatic N) is 4. The molecular formula is C28H27N5O3S. The lowest BCUT2D eigenvalue weighted by atomic mass is 9.96. The fraction of sp³-hybridized carbons (Fsp3) is 0.250. The number of nitrogens with one attached hydrogen (secondary N) is 1.